The van der Waals surface area contributed by atoms with E-state index in [1.165, 1.54) is 0 Å². The Morgan fingerprint density at radius 1 is 1.22 bits per heavy atom. The molecule has 0 spiro atoms. The van der Waals surface area contributed by atoms with Crippen molar-refractivity contribution in [1.82, 2.24) is 0 Å². The highest BCUT2D eigenvalue weighted by molar-refractivity contribution is 7.99. The van der Waals surface area contributed by atoms with Crippen molar-refractivity contribution in [2.45, 2.75) is 24.2 Å². The van der Waals surface area contributed by atoms with Gasteiger partial charge in [0.15, 0.2) is 0 Å². The second kappa shape index (κ2) is 7.28. The molecule has 5 heteroatoms. The molecular formula is C18H19ClN2OS. The maximum atomic E-state index is 12.6. The normalized spacial score (nSPS) is 13.7. The Labute approximate surface area is 145 Å². The number of halogens is 1. The molecule has 0 saturated heterocycles. The molecule has 1 amide bonds. The molecule has 1 aliphatic rings. The Morgan fingerprint density at radius 3 is 2.78 bits per heavy atom. The van der Waals surface area contributed by atoms with Gasteiger partial charge in [0.2, 0.25) is 5.91 Å². The summed E-state index contributed by atoms with van der Waals surface area (Å²) in [6.45, 7) is 0.779. The van der Waals surface area contributed by atoms with E-state index in [0.717, 1.165) is 52.0 Å². The third kappa shape index (κ3) is 3.82. The topological polar surface area (TPSA) is 46.3 Å². The largest absolute Gasteiger partial charge is 0.398 e. The van der Waals surface area contributed by atoms with Crippen LogP contribution in [0.3, 0.4) is 0 Å². The van der Waals surface area contributed by atoms with Crippen molar-refractivity contribution in [2.24, 2.45) is 0 Å². The van der Waals surface area contributed by atoms with E-state index in [0.29, 0.717) is 6.42 Å². The van der Waals surface area contributed by atoms with Crippen LogP contribution in [-0.2, 0) is 11.2 Å². The molecule has 120 valence electrons. The number of thioether (sulfide) groups is 1. The van der Waals surface area contributed by atoms with Gasteiger partial charge >= 0.3 is 0 Å². The smallest absolute Gasteiger partial charge is 0.227 e. The third-order valence-electron chi connectivity index (χ3n) is 3.99. The fourth-order valence-corrected chi connectivity index (χ4v) is 3.80. The quantitative estimate of drug-likeness (QED) is 0.660. The Balaban J connectivity index is 1.61. The molecule has 1 aliphatic heterocycles. The van der Waals surface area contributed by atoms with E-state index in [1.54, 1.807) is 11.8 Å². The van der Waals surface area contributed by atoms with Crippen LogP contribution in [0.25, 0.3) is 0 Å². The van der Waals surface area contributed by atoms with E-state index in [9.17, 15) is 4.79 Å². The first-order valence-corrected chi connectivity index (χ1v) is 9.07. The first kappa shape index (κ1) is 16.2. The number of fused-ring (bicyclic) bond motifs is 1. The molecule has 3 nitrogen and oxygen atoms in total. The Hall–Kier alpha value is -1.65. The van der Waals surface area contributed by atoms with Crippen LogP contribution in [0.4, 0.5) is 11.4 Å². The number of amides is 1. The molecule has 23 heavy (non-hydrogen) atoms. The van der Waals surface area contributed by atoms with Crippen molar-refractivity contribution < 1.29 is 4.79 Å². The van der Waals surface area contributed by atoms with Gasteiger partial charge in [-0.1, -0.05) is 17.7 Å². The summed E-state index contributed by atoms with van der Waals surface area (Å²) in [5.41, 5.74) is 8.92. The molecule has 0 aromatic heterocycles. The van der Waals surface area contributed by atoms with Gasteiger partial charge in [0.05, 0.1) is 0 Å². The highest BCUT2D eigenvalue weighted by atomic mass is 35.5. The summed E-state index contributed by atoms with van der Waals surface area (Å²) in [4.78, 5) is 15.6. The van der Waals surface area contributed by atoms with E-state index >= 15 is 0 Å². The monoisotopic (exact) mass is 346 g/mol. The number of carbonyl (C=O) groups excluding carboxylic acids is 1. The predicted octanol–water partition coefficient (Wildman–Crippen LogP) is 4.38. The highest BCUT2D eigenvalue weighted by Crippen LogP contribution is 2.32. The van der Waals surface area contributed by atoms with Crippen molar-refractivity contribution in [1.29, 1.82) is 0 Å². The van der Waals surface area contributed by atoms with E-state index in [4.69, 9.17) is 17.3 Å². The summed E-state index contributed by atoms with van der Waals surface area (Å²) in [5.74, 6) is 0.923. The first-order valence-electron chi connectivity index (χ1n) is 7.71. The molecule has 0 radical (unpaired) electrons. The van der Waals surface area contributed by atoms with Crippen molar-refractivity contribution >= 4 is 40.6 Å². The highest BCUT2D eigenvalue weighted by Gasteiger charge is 2.23. The molecule has 0 bridgehead atoms. The first-order chi connectivity index (χ1) is 11.1. The molecule has 2 aromatic carbocycles. The van der Waals surface area contributed by atoms with Crippen LogP contribution in [0.1, 0.15) is 18.4 Å². The van der Waals surface area contributed by atoms with Crippen LogP contribution in [0, 0.1) is 0 Å². The Bertz CT molecular complexity index is 703. The van der Waals surface area contributed by atoms with Gasteiger partial charge in [-0.05, 0) is 54.8 Å². The molecule has 0 unspecified atom stereocenters. The van der Waals surface area contributed by atoms with Crippen molar-refractivity contribution in [2.75, 3.05) is 22.9 Å². The number of anilines is 2. The summed E-state index contributed by atoms with van der Waals surface area (Å²) < 4.78 is 0. The maximum Gasteiger partial charge on any atom is 0.227 e. The van der Waals surface area contributed by atoms with Crippen LogP contribution in [-0.4, -0.2) is 18.2 Å². The van der Waals surface area contributed by atoms with Gasteiger partial charge in [0.25, 0.3) is 0 Å². The zero-order valence-electron chi connectivity index (χ0n) is 12.8. The van der Waals surface area contributed by atoms with Gasteiger partial charge in [-0.25, -0.2) is 0 Å². The molecule has 0 saturated carbocycles. The lowest BCUT2D eigenvalue weighted by molar-refractivity contribution is -0.118. The summed E-state index contributed by atoms with van der Waals surface area (Å²) in [5, 5.41) is 0.730. The number of nitrogens with zero attached hydrogens (tertiary/aromatic N) is 1. The van der Waals surface area contributed by atoms with Gasteiger partial charge in [0, 0.05) is 40.0 Å². The minimum absolute atomic E-state index is 0.165. The second-order valence-corrected chi connectivity index (χ2v) is 7.15. The zero-order valence-corrected chi connectivity index (χ0v) is 14.4. The minimum atomic E-state index is 0.165. The Kier molecular flexibility index (Phi) is 5.13. The number of hydrogen-bond acceptors (Lipinski definition) is 3. The molecule has 3 rings (SSSR count). The van der Waals surface area contributed by atoms with E-state index < -0.39 is 0 Å². The number of nitrogens with two attached hydrogens (primary N) is 1. The van der Waals surface area contributed by atoms with E-state index in [-0.39, 0.29) is 5.91 Å². The number of hydrogen-bond donors (Lipinski definition) is 1. The zero-order chi connectivity index (χ0) is 16.2. The molecule has 0 atom stereocenters. The maximum absolute atomic E-state index is 12.6. The van der Waals surface area contributed by atoms with Gasteiger partial charge in [0.1, 0.15) is 0 Å². The lowest BCUT2D eigenvalue weighted by atomic mass is 9.99. The fraction of sp³-hybridized carbons (Fsp3) is 0.278. The minimum Gasteiger partial charge on any atom is -0.398 e. The van der Waals surface area contributed by atoms with Gasteiger partial charge < -0.3 is 10.6 Å². The van der Waals surface area contributed by atoms with Crippen molar-refractivity contribution in [3.8, 4) is 0 Å². The van der Waals surface area contributed by atoms with Crippen LogP contribution >= 0.6 is 23.4 Å². The van der Waals surface area contributed by atoms with Crippen LogP contribution in [0.5, 0.6) is 0 Å². The molecule has 1 heterocycles. The molecular weight excluding hydrogens is 328 g/mol. The predicted molar refractivity (Wildman–Crippen MR) is 98.3 cm³/mol. The van der Waals surface area contributed by atoms with E-state index in [1.807, 2.05) is 47.4 Å². The number of benzene rings is 2. The van der Waals surface area contributed by atoms with Crippen molar-refractivity contribution in [3.63, 3.8) is 0 Å². The van der Waals surface area contributed by atoms with Gasteiger partial charge in [-0.15, -0.1) is 11.8 Å². The van der Waals surface area contributed by atoms with Crippen LogP contribution < -0.4 is 10.6 Å². The summed E-state index contributed by atoms with van der Waals surface area (Å²) in [7, 11) is 0. The molecule has 2 aromatic rings. The summed E-state index contributed by atoms with van der Waals surface area (Å²) in [6.07, 6.45) is 2.43. The third-order valence-corrected chi connectivity index (χ3v) is 5.25. The fourth-order valence-electron chi connectivity index (χ4n) is 2.83. The van der Waals surface area contributed by atoms with E-state index in [2.05, 4.69) is 0 Å². The summed E-state index contributed by atoms with van der Waals surface area (Å²) in [6, 6.07) is 13.5. The number of carbonyl (C=O) groups is 1. The second-order valence-electron chi connectivity index (χ2n) is 5.55. The molecule has 2 N–H and O–H groups in total. The van der Waals surface area contributed by atoms with Crippen LogP contribution in [0.15, 0.2) is 47.4 Å². The Morgan fingerprint density at radius 2 is 2.00 bits per heavy atom. The average molecular weight is 347 g/mol. The van der Waals surface area contributed by atoms with Gasteiger partial charge in [-0.2, -0.15) is 0 Å². The van der Waals surface area contributed by atoms with Crippen LogP contribution in [0.2, 0.25) is 5.02 Å². The lowest BCUT2D eigenvalue weighted by Gasteiger charge is -2.30. The SMILES string of the molecule is Nc1cccc2c1CCCN2C(=O)CCSc1ccc(Cl)cc1. The summed E-state index contributed by atoms with van der Waals surface area (Å²) >= 11 is 7.55. The molecule has 0 fully saturated rings. The van der Waals surface area contributed by atoms with Crippen molar-refractivity contribution in [3.05, 3.63) is 53.1 Å². The number of rotatable bonds is 4. The standard InChI is InChI=1S/C18H19ClN2OS/c19-13-6-8-14(9-7-13)23-12-10-18(22)21-11-2-3-15-16(20)4-1-5-17(15)21/h1,4-9H,2-3,10-12,20H2. The average Bonchev–Trinajstić information content (AvgIpc) is 2.56. The van der Waals surface area contributed by atoms with Gasteiger partial charge in [-0.3, -0.25) is 4.79 Å². The lowest BCUT2D eigenvalue weighted by Crippen LogP contribution is -2.35. The number of nitrogen functional groups attached to an aromatic ring is 1. The molecule has 0 aliphatic carbocycles.